The molecule has 0 N–H and O–H groups in total. The largest absolute Gasteiger partial charge is 0.350 e. The van der Waals surface area contributed by atoms with Crippen molar-refractivity contribution < 1.29 is 0 Å². The fraction of sp³-hybridized carbons (Fsp3) is 0.500. The van der Waals surface area contributed by atoms with Crippen LogP contribution in [0.5, 0.6) is 0 Å². The summed E-state index contributed by atoms with van der Waals surface area (Å²) >= 11 is 14.0. The lowest BCUT2D eigenvalue weighted by Gasteiger charge is -2.22. The van der Waals surface area contributed by atoms with E-state index in [9.17, 15) is 0 Å². The number of hydrogen-bond donors (Lipinski definition) is 0. The van der Waals surface area contributed by atoms with Gasteiger partial charge in [-0.05, 0) is 24.5 Å². The normalized spacial score (nSPS) is 21.7. The molecule has 1 heterocycles. The highest BCUT2D eigenvalue weighted by Gasteiger charge is 2.27. The molecular weight excluding hydrogens is 299 g/mol. The van der Waals surface area contributed by atoms with E-state index in [1.54, 1.807) is 17.8 Å². The summed E-state index contributed by atoms with van der Waals surface area (Å²) in [5.74, 6) is 1.79. The van der Waals surface area contributed by atoms with E-state index >= 15 is 0 Å². The minimum Gasteiger partial charge on any atom is -0.350 e. The van der Waals surface area contributed by atoms with Gasteiger partial charge in [0.2, 0.25) is 0 Å². The van der Waals surface area contributed by atoms with Crippen molar-refractivity contribution in [1.29, 1.82) is 0 Å². The highest BCUT2D eigenvalue weighted by atomic mass is 35.5. The van der Waals surface area contributed by atoms with Crippen molar-refractivity contribution in [3.8, 4) is 0 Å². The SMILES string of the molecule is CC(C)CC1CSC(=Nc2cccc(Cl)c2Cl)N1C. The Hall–Kier alpha value is -0.380. The summed E-state index contributed by atoms with van der Waals surface area (Å²) in [4.78, 5) is 6.90. The first kappa shape index (κ1) is 15.0. The Balaban J connectivity index is 2.19. The molecule has 0 spiro atoms. The van der Waals surface area contributed by atoms with E-state index in [2.05, 4.69) is 30.8 Å². The molecular formula is C14H18Cl2N2S. The van der Waals surface area contributed by atoms with E-state index in [0.717, 1.165) is 16.6 Å². The Morgan fingerprint density at radius 3 is 2.84 bits per heavy atom. The maximum Gasteiger partial charge on any atom is 0.164 e. The molecule has 1 saturated heterocycles. The fourth-order valence-electron chi connectivity index (χ4n) is 2.10. The summed E-state index contributed by atoms with van der Waals surface area (Å²) in [6.07, 6.45) is 1.19. The molecule has 1 aromatic rings. The number of thioether (sulfide) groups is 1. The minimum absolute atomic E-state index is 0.526. The quantitative estimate of drug-likeness (QED) is 0.773. The van der Waals surface area contributed by atoms with Crippen LogP contribution in [-0.4, -0.2) is 28.9 Å². The lowest BCUT2D eigenvalue weighted by molar-refractivity contribution is 0.351. The Morgan fingerprint density at radius 2 is 2.16 bits per heavy atom. The van der Waals surface area contributed by atoms with Crippen molar-refractivity contribution in [2.24, 2.45) is 10.9 Å². The first-order chi connectivity index (χ1) is 8.99. The maximum atomic E-state index is 6.17. The zero-order valence-corrected chi connectivity index (χ0v) is 13.7. The Morgan fingerprint density at radius 1 is 1.42 bits per heavy atom. The van der Waals surface area contributed by atoms with Crippen LogP contribution in [0.25, 0.3) is 0 Å². The molecule has 5 heteroatoms. The predicted octanol–water partition coefficient (Wildman–Crippen LogP) is 5.07. The zero-order chi connectivity index (χ0) is 14.0. The third-order valence-corrected chi connectivity index (χ3v) is 5.14. The summed E-state index contributed by atoms with van der Waals surface area (Å²) in [7, 11) is 2.10. The molecule has 104 valence electrons. The van der Waals surface area contributed by atoms with Gasteiger partial charge >= 0.3 is 0 Å². The van der Waals surface area contributed by atoms with E-state index in [4.69, 9.17) is 23.2 Å². The second-order valence-corrected chi connectivity index (χ2v) is 6.94. The van der Waals surface area contributed by atoms with Crippen LogP contribution < -0.4 is 0 Å². The standard InChI is InChI=1S/C14H18Cl2N2S/c1-9(2)7-10-8-19-14(18(10)3)17-12-6-4-5-11(15)13(12)16/h4-6,9-10H,7-8H2,1-3H3. The average Bonchev–Trinajstić information content (AvgIpc) is 2.67. The van der Waals surface area contributed by atoms with Crippen LogP contribution >= 0.6 is 35.0 Å². The third-order valence-electron chi connectivity index (χ3n) is 3.15. The van der Waals surface area contributed by atoms with Gasteiger partial charge in [0.25, 0.3) is 0 Å². The van der Waals surface area contributed by atoms with Crippen LogP contribution in [0.15, 0.2) is 23.2 Å². The molecule has 0 radical (unpaired) electrons. The number of nitrogens with zero attached hydrogens (tertiary/aromatic N) is 2. The van der Waals surface area contributed by atoms with E-state index in [1.807, 2.05) is 12.1 Å². The number of benzene rings is 1. The Kier molecular flexibility index (Phi) is 5.04. The van der Waals surface area contributed by atoms with Crippen LogP contribution in [0.4, 0.5) is 5.69 Å². The van der Waals surface area contributed by atoms with Crippen molar-refractivity contribution in [2.45, 2.75) is 26.3 Å². The van der Waals surface area contributed by atoms with E-state index in [-0.39, 0.29) is 0 Å². The smallest absolute Gasteiger partial charge is 0.164 e. The molecule has 1 aliphatic rings. The number of halogens is 2. The van der Waals surface area contributed by atoms with Gasteiger partial charge in [0.15, 0.2) is 5.17 Å². The molecule has 1 atom stereocenters. The monoisotopic (exact) mass is 316 g/mol. The highest BCUT2D eigenvalue weighted by Crippen LogP contribution is 2.35. The van der Waals surface area contributed by atoms with Gasteiger partial charge in [-0.1, -0.05) is 54.9 Å². The molecule has 0 aliphatic carbocycles. The second kappa shape index (κ2) is 6.38. The van der Waals surface area contributed by atoms with Crippen LogP contribution in [0, 0.1) is 5.92 Å². The lowest BCUT2D eigenvalue weighted by Crippen LogP contribution is -2.30. The molecule has 2 rings (SSSR count). The van der Waals surface area contributed by atoms with Gasteiger partial charge in [0, 0.05) is 18.8 Å². The van der Waals surface area contributed by atoms with Crippen molar-refractivity contribution in [1.82, 2.24) is 4.90 Å². The van der Waals surface area contributed by atoms with Gasteiger partial charge in [-0.3, -0.25) is 0 Å². The molecule has 0 aromatic heterocycles. The van der Waals surface area contributed by atoms with Crippen LogP contribution in [0.1, 0.15) is 20.3 Å². The summed E-state index contributed by atoms with van der Waals surface area (Å²) < 4.78 is 0. The lowest BCUT2D eigenvalue weighted by atomic mass is 10.0. The molecule has 0 amide bonds. The van der Waals surface area contributed by atoms with Crippen LogP contribution in [0.3, 0.4) is 0 Å². The molecule has 0 bridgehead atoms. The van der Waals surface area contributed by atoms with Gasteiger partial charge in [-0.25, -0.2) is 4.99 Å². The Labute approximate surface area is 129 Å². The van der Waals surface area contributed by atoms with Crippen LogP contribution in [-0.2, 0) is 0 Å². The van der Waals surface area contributed by atoms with Gasteiger partial charge in [-0.2, -0.15) is 0 Å². The second-order valence-electron chi connectivity index (χ2n) is 5.17. The van der Waals surface area contributed by atoms with E-state index in [0.29, 0.717) is 22.0 Å². The van der Waals surface area contributed by atoms with E-state index < -0.39 is 0 Å². The summed E-state index contributed by atoms with van der Waals surface area (Å²) in [6, 6.07) is 6.10. The minimum atomic E-state index is 0.526. The maximum absolute atomic E-state index is 6.17. The zero-order valence-electron chi connectivity index (χ0n) is 11.4. The molecule has 2 nitrogen and oxygen atoms in total. The fourth-order valence-corrected chi connectivity index (χ4v) is 3.66. The number of aliphatic imine (C=N–C) groups is 1. The molecule has 1 aliphatic heterocycles. The molecule has 1 fully saturated rings. The van der Waals surface area contributed by atoms with Crippen LogP contribution in [0.2, 0.25) is 10.0 Å². The van der Waals surface area contributed by atoms with Crippen molar-refractivity contribution >= 4 is 45.8 Å². The van der Waals surface area contributed by atoms with Gasteiger partial charge < -0.3 is 4.90 Å². The summed E-state index contributed by atoms with van der Waals surface area (Å²) in [6.45, 7) is 4.50. The Bertz CT molecular complexity index is 488. The number of amidine groups is 1. The molecule has 0 saturated carbocycles. The van der Waals surface area contributed by atoms with Gasteiger partial charge in [-0.15, -0.1) is 0 Å². The van der Waals surface area contributed by atoms with E-state index in [1.165, 1.54) is 6.42 Å². The molecule has 19 heavy (non-hydrogen) atoms. The van der Waals surface area contributed by atoms with Gasteiger partial charge in [0.05, 0.1) is 15.7 Å². The highest BCUT2D eigenvalue weighted by molar-refractivity contribution is 8.14. The van der Waals surface area contributed by atoms with Crippen molar-refractivity contribution in [2.75, 3.05) is 12.8 Å². The number of rotatable bonds is 3. The summed E-state index contributed by atoms with van der Waals surface area (Å²) in [5.41, 5.74) is 0.744. The topological polar surface area (TPSA) is 15.6 Å². The molecule has 1 unspecified atom stereocenters. The molecule has 1 aromatic carbocycles. The average molecular weight is 317 g/mol. The first-order valence-electron chi connectivity index (χ1n) is 6.37. The first-order valence-corrected chi connectivity index (χ1v) is 8.11. The van der Waals surface area contributed by atoms with Gasteiger partial charge in [0.1, 0.15) is 0 Å². The van der Waals surface area contributed by atoms with Crippen molar-refractivity contribution in [3.63, 3.8) is 0 Å². The predicted molar refractivity (Wildman–Crippen MR) is 87.0 cm³/mol. The number of hydrogen-bond acceptors (Lipinski definition) is 2. The van der Waals surface area contributed by atoms with Crippen molar-refractivity contribution in [3.05, 3.63) is 28.2 Å². The summed E-state index contributed by atoms with van der Waals surface area (Å²) in [5, 5.41) is 2.10. The third kappa shape index (κ3) is 3.59.